The highest BCUT2D eigenvalue weighted by Gasteiger charge is 2.21. The van der Waals surface area contributed by atoms with Crippen molar-refractivity contribution in [1.29, 1.82) is 5.26 Å². The fraction of sp³-hybridized carbons (Fsp3) is 0.167. The smallest absolute Gasteiger partial charge is 0.326 e. The number of H-pyrrole nitrogens is 1. The van der Waals surface area contributed by atoms with Crippen molar-refractivity contribution in [3.8, 4) is 12.1 Å². The van der Waals surface area contributed by atoms with Crippen LogP contribution in [0.1, 0.15) is 23.4 Å². The van der Waals surface area contributed by atoms with E-state index in [0.717, 1.165) is 18.2 Å². The van der Waals surface area contributed by atoms with Crippen molar-refractivity contribution in [3.05, 3.63) is 59.4 Å². The average molecular weight is 417 g/mol. The van der Waals surface area contributed by atoms with Gasteiger partial charge in [-0.15, -0.1) is 0 Å². The summed E-state index contributed by atoms with van der Waals surface area (Å²) in [6.07, 6.45) is -0.404. The summed E-state index contributed by atoms with van der Waals surface area (Å²) < 4.78 is 44.3. The normalized spacial score (nSPS) is 10.5. The number of amides is 2. The minimum Gasteiger partial charge on any atom is -0.467 e. The average Bonchev–Trinajstić information content (AvgIpc) is 3.21. The molecule has 3 aromatic rings. The molecule has 0 saturated heterocycles. The molecule has 0 aliphatic heterocycles. The quantitative estimate of drug-likeness (QED) is 0.634. The first-order valence-corrected chi connectivity index (χ1v) is 8.37. The number of hydrogen-bond acceptors (Lipinski definition) is 6. The summed E-state index contributed by atoms with van der Waals surface area (Å²) in [5.74, 6) is -1.08. The lowest BCUT2D eigenvalue weighted by Crippen LogP contribution is -2.35. The Hall–Kier alpha value is -4.14. The van der Waals surface area contributed by atoms with Crippen molar-refractivity contribution in [2.45, 2.75) is 13.0 Å². The number of aromatic amines is 1. The largest absolute Gasteiger partial charge is 0.467 e. The van der Waals surface area contributed by atoms with E-state index in [1.165, 1.54) is 30.5 Å². The standard InChI is InChI=1S/C18H14F3N7O2/c1-30-17-23-7-13(8-24-17)28(9-12-4-11(6-22)26-27-12)18(29)25-10-2-3-15(19)14(5-10)16(20)21/h2-5,7-8,16H,9H2,1H3,(H,25,29)(H,26,27). The van der Waals surface area contributed by atoms with Gasteiger partial charge in [-0.3, -0.25) is 10.00 Å². The molecule has 2 amide bonds. The van der Waals surface area contributed by atoms with Crippen LogP contribution in [0.3, 0.4) is 0 Å². The number of nitriles is 1. The van der Waals surface area contributed by atoms with Crippen LogP contribution in [0.25, 0.3) is 0 Å². The monoisotopic (exact) mass is 417 g/mol. The van der Waals surface area contributed by atoms with Crippen molar-refractivity contribution < 1.29 is 22.7 Å². The molecule has 0 saturated carbocycles. The molecule has 154 valence electrons. The molecule has 12 heteroatoms. The van der Waals surface area contributed by atoms with E-state index in [0.29, 0.717) is 5.69 Å². The number of halogens is 3. The molecule has 2 N–H and O–H groups in total. The Kier molecular flexibility index (Phi) is 6.11. The van der Waals surface area contributed by atoms with E-state index in [2.05, 4.69) is 25.5 Å². The van der Waals surface area contributed by atoms with Gasteiger partial charge < -0.3 is 10.1 Å². The summed E-state index contributed by atoms with van der Waals surface area (Å²) in [4.78, 5) is 21.9. The molecular formula is C18H14F3N7O2. The lowest BCUT2D eigenvalue weighted by molar-refractivity contribution is 0.146. The molecule has 0 atom stereocenters. The summed E-state index contributed by atoms with van der Waals surface area (Å²) in [5.41, 5.74) is -0.0821. The van der Waals surface area contributed by atoms with Crippen LogP contribution >= 0.6 is 0 Å². The molecule has 0 spiro atoms. The maximum Gasteiger partial charge on any atom is 0.326 e. The van der Waals surface area contributed by atoms with Gasteiger partial charge in [0.05, 0.1) is 43.0 Å². The number of methoxy groups -OCH3 is 1. The third-order valence-electron chi connectivity index (χ3n) is 3.91. The molecule has 3 rings (SSSR count). The zero-order valence-corrected chi connectivity index (χ0v) is 15.4. The number of benzene rings is 1. The van der Waals surface area contributed by atoms with Gasteiger partial charge in [0.15, 0.2) is 0 Å². The van der Waals surface area contributed by atoms with Gasteiger partial charge in [0.2, 0.25) is 0 Å². The van der Waals surface area contributed by atoms with Crippen molar-refractivity contribution in [2.24, 2.45) is 0 Å². The Morgan fingerprint density at radius 2 is 2.07 bits per heavy atom. The van der Waals surface area contributed by atoms with Crippen LogP contribution in [-0.4, -0.2) is 33.3 Å². The van der Waals surface area contributed by atoms with E-state index in [4.69, 9.17) is 10.00 Å². The topological polar surface area (TPSA) is 120 Å². The molecule has 0 fully saturated rings. The Labute approximate surface area is 168 Å². The summed E-state index contributed by atoms with van der Waals surface area (Å²) in [6, 6.07) is 5.50. The molecular weight excluding hydrogens is 403 g/mol. The first-order valence-electron chi connectivity index (χ1n) is 8.37. The summed E-state index contributed by atoms with van der Waals surface area (Å²) in [5, 5.41) is 17.8. The summed E-state index contributed by atoms with van der Waals surface area (Å²) in [6.45, 7) is -0.0946. The van der Waals surface area contributed by atoms with Crippen LogP contribution in [0.2, 0.25) is 0 Å². The van der Waals surface area contributed by atoms with Crippen LogP contribution in [0.5, 0.6) is 6.01 Å². The van der Waals surface area contributed by atoms with Crippen molar-refractivity contribution in [2.75, 3.05) is 17.3 Å². The Bertz CT molecular complexity index is 1080. The lowest BCUT2D eigenvalue weighted by atomic mass is 10.2. The molecule has 9 nitrogen and oxygen atoms in total. The molecule has 1 aromatic carbocycles. The maximum absolute atomic E-state index is 13.5. The van der Waals surface area contributed by atoms with E-state index in [1.807, 2.05) is 6.07 Å². The van der Waals surface area contributed by atoms with Gasteiger partial charge >= 0.3 is 12.0 Å². The Morgan fingerprint density at radius 1 is 1.33 bits per heavy atom. The van der Waals surface area contributed by atoms with Crippen molar-refractivity contribution in [1.82, 2.24) is 20.2 Å². The van der Waals surface area contributed by atoms with Crippen LogP contribution in [0.4, 0.5) is 29.3 Å². The minimum absolute atomic E-state index is 0.0316. The highest BCUT2D eigenvalue weighted by Crippen LogP contribution is 2.26. The number of rotatable bonds is 6. The van der Waals surface area contributed by atoms with Crippen LogP contribution in [0.15, 0.2) is 36.7 Å². The highest BCUT2D eigenvalue weighted by atomic mass is 19.3. The molecule has 0 unspecified atom stereocenters. The highest BCUT2D eigenvalue weighted by molar-refractivity contribution is 6.01. The van der Waals surface area contributed by atoms with Crippen LogP contribution < -0.4 is 15.0 Å². The van der Waals surface area contributed by atoms with Gasteiger partial charge in [-0.1, -0.05) is 0 Å². The van der Waals surface area contributed by atoms with E-state index < -0.39 is 23.8 Å². The van der Waals surface area contributed by atoms with E-state index in [9.17, 15) is 18.0 Å². The summed E-state index contributed by atoms with van der Waals surface area (Å²) in [7, 11) is 1.38. The Balaban J connectivity index is 1.89. The fourth-order valence-electron chi connectivity index (χ4n) is 2.48. The molecule has 2 heterocycles. The minimum atomic E-state index is -3.04. The van der Waals surface area contributed by atoms with Crippen molar-refractivity contribution >= 4 is 17.4 Å². The molecule has 0 bridgehead atoms. The van der Waals surface area contributed by atoms with Crippen LogP contribution in [-0.2, 0) is 6.54 Å². The molecule has 0 aliphatic carbocycles. The number of nitrogens with zero attached hydrogens (tertiary/aromatic N) is 5. The van der Waals surface area contributed by atoms with Gasteiger partial charge in [0.1, 0.15) is 17.6 Å². The molecule has 2 aromatic heterocycles. The van der Waals surface area contributed by atoms with Gasteiger partial charge in [0.25, 0.3) is 6.43 Å². The third kappa shape index (κ3) is 4.64. The number of carbonyl (C=O) groups excluding carboxylic acids is 1. The fourth-order valence-corrected chi connectivity index (χ4v) is 2.48. The number of aromatic nitrogens is 4. The molecule has 30 heavy (non-hydrogen) atoms. The van der Waals surface area contributed by atoms with Gasteiger partial charge in [-0.25, -0.2) is 27.9 Å². The van der Waals surface area contributed by atoms with Crippen molar-refractivity contribution in [3.63, 3.8) is 0 Å². The van der Waals surface area contributed by atoms with Crippen LogP contribution in [0, 0.1) is 17.1 Å². The molecule has 0 aliphatic rings. The number of carbonyl (C=O) groups is 1. The van der Waals surface area contributed by atoms with E-state index >= 15 is 0 Å². The van der Waals surface area contributed by atoms with E-state index in [-0.39, 0.29) is 29.6 Å². The predicted octanol–water partition coefficient (Wildman–Crippen LogP) is 3.40. The SMILES string of the molecule is COc1ncc(N(Cc2cc(C#N)[nH]n2)C(=O)Nc2ccc(F)c(C(F)F)c2)cn1. The maximum atomic E-state index is 13.5. The third-order valence-corrected chi connectivity index (χ3v) is 3.91. The Morgan fingerprint density at radius 3 is 2.67 bits per heavy atom. The zero-order chi connectivity index (χ0) is 21.7. The molecule has 0 radical (unpaired) electrons. The van der Waals surface area contributed by atoms with Gasteiger partial charge in [-0.05, 0) is 24.3 Å². The number of hydrogen-bond donors (Lipinski definition) is 2. The van der Waals surface area contributed by atoms with Gasteiger partial charge in [0, 0.05) is 5.69 Å². The first-order chi connectivity index (χ1) is 14.4. The first kappa shape index (κ1) is 20.6. The second-order valence-electron chi connectivity index (χ2n) is 5.87. The number of nitrogens with one attached hydrogen (secondary N) is 2. The predicted molar refractivity (Wildman–Crippen MR) is 98.4 cm³/mol. The summed E-state index contributed by atoms with van der Waals surface area (Å²) >= 11 is 0. The number of urea groups is 1. The lowest BCUT2D eigenvalue weighted by Gasteiger charge is -2.22. The zero-order valence-electron chi connectivity index (χ0n) is 15.4. The number of ether oxygens (including phenoxy) is 1. The van der Waals surface area contributed by atoms with Gasteiger partial charge in [-0.2, -0.15) is 10.4 Å². The van der Waals surface area contributed by atoms with E-state index in [1.54, 1.807) is 0 Å². The second-order valence-corrected chi connectivity index (χ2v) is 5.87. The number of anilines is 2. The number of alkyl halides is 2. The second kappa shape index (κ2) is 8.91.